The minimum absolute atomic E-state index is 0.0258. The Morgan fingerprint density at radius 3 is 2.22 bits per heavy atom. The van der Waals surface area contributed by atoms with Crippen molar-refractivity contribution in [3.05, 3.63) is 95.1 Å². The molecule has 3 aromatic rings. The number of rotatable bonds is 6. The molecule has 3 rings (SSSR count). The van der Waals surface area contributed by atoms with Crippen molar-refractivity contribution in [1.82, 2.24) is 5.32 Å². The summed E-state index contributed by atoms with van der Waals surface area (Å²) in [6.45, 7) is 0.531. The number of nitriles is 1. The Morgan fingerprint density at radius 2 is 1.52 bits per heavy atom. The molecule has 4 nitrogen and oxygen atoms in total. The molecule has 0 radical (unpaired) electrons. The minimum atomic E-state index is -0.162. The van der Waals surface area contributed by atoms with Crippen LogP contribution in [0.5, 0.6) is 0 Å². The molecule has 0 saturated heterocycles. The summed E-state index contributed by atoms with van der Waals surface area (Å²) >= 11 is 0. The number of aliphatic hydroxyl groups excluding tert-OH is 1. The average molecular weight is 356 g/mol. The Labute approximate surface area is 158 Å². The van der Waals surface area contributed by atoms with Crippen LogP contribution >= 0.6 is 0 Å². The van der Waals surface area contributed by atoms with Gasteiger partial charge in [0.2, 0.25) is 0 Å². The van der Waals surface area contributed by atoms with Crippen LogP contribution in [0.25, 0.3) is 11.1 Å². The quantitative estimate of drug-likeness (QED) is 0.707. The monoisotopic (exact) mass is 356 g/mol. The average Bonchev–Trinajstić information content (AvgIpc) is 2.74. The molecule has 0 heterocycles. The third-order valence-electron chi connectivity index (χ3n) is 4.41. The summed E-state index contributed by atoms with van der Waals surface area (Å²) in [5.74, 6) is -0.162. The van der Waals surface area contributed by atoms with Crippen LogP contribution in [0.15, 0.2) is 72.8 Å². The zero-order valence-corrected chi connectivity index (χ0v) is 14.9. The van der Waals surface area contributed by atoms with Crippen molar-refractivity contribution in [2.24, 2.45) is 0 Å². The molecule has 27 heavy (non-hydrogen) atoms. The molecule has 0 spiro atoms. The molecule has 0 aliphatic carbocycles. The first-order valence-corrected chi connectivity index (χ1v) is 8.78. The molecule has 0 aliphatic heterocycles. The molecule has 0 unspecified atom stereocenters. The Morgan fingerprint density at radius 1 is 0.889 bits per heavy atom. The third-order valence-corrected chi connectivity index (χ3v) is 4.41. The fraction of sp³-hybridized carbons (Fsp3) is 0.130. The van der Waals surface area contributed by atoms with Crippen LogP contribution in [0.3, 0.4) is 0 Å². The summed E-state index contributed by atoms with van der Waals surface area (Å²) in [5, 5.41) is 21.4. The van der Waals surface area contributed by atoms with Gasteiger partial charge in [-0.05, 0) is 35.2 Å². The first-order chi connectivity index (χ1) is 13.2. The predicted octanol–water partition coefficient (Wildman–Crippen LogP) is 3.69. The summed E-state index contributed by atoms with van der Waals surface area (Å²) < 4.78 is 0. The van der Waals surface area contributed by atoms with E-state index in [9.17, 15) is 10.1 Å². The van der Waals surface area contributed by atoms with E-state index >= 15 is 0 Å². The van der Waals surface area contributed by atoms with E-state index in [1.165, 1.54) is 0 Å². The zero-order valence-electron chi connectivity index (χ0n) is 14.9. The second-order valence-electron chi connectivity index (χ2n) is 6.18. The Kier molecular flexibility index (Phi) is 5.98. The highest BCUT2D eigenvalue weighted by Gasteiger charge is 2.14. The van der Waals surface area contributed by atoms with Gasteiger partial charge in [-0.25, -0.2) is 0 Å². The smallest absolute Gasteiger partial charge is 0.251 e. The lowest BCUT2D eigenvalue weighted by atomic mass is 9.95. The van der Waals surface area contributed by atoms with Gasteiger partial charge in [-0.2, -0.15) is 5.26 Å². The van der Waals surface area contributed by atoms with E-state index in [1.807, 2.05) is 60.7 Å². The number of hydrogen-bond acceptors (Lipinski definition) is 3. The number of aliphatic hydroxyl groups is 1. The van der Waals surface area contributed by atoms with Crippen molar-refractivity contribution in [1.29, 1.82) is 5.26 Å². The van der Waals surface area contributed by atoms with E-state index in [4.69, 9.17) is 5.11 Å². The normalized spacial score (nSPS) is 10.2. The summed E-state index contributed by atoms with van der Waals surface area (Å²) in [7, 11) is 0. The number of hydrogen-bond donors (Lipinski definition) is 2. The highest BCUT2D eigenvalue weighted by atomic mass is 16.3. The van der Waals surface area contributed by atoms with E-state index in [0.29, 0.717) is 24.1 Å². The molecule has 0 aliphatic rings. The van der Waals surface area contributed by atoms with Crippen molar-refractivity contribution in [2.45, 2.75) is 13.0 Å². The fourth-order valence-corrected chi connectivity index (χ4v) is 2.96. The van der Waals surface area contributed by atoms with Crippen LogP contribution in [0.2, 0.25) is 0 Å². The number of nitrogens with one attached hydrogen (secondary N) is 1. The van der Waals surface area contributed by atoms with Crippen LogP contribution in [0.1, 0.15) is 27.0 Å². The van der Waals surface area contributed by atoms with Gasteiger partial charge < -0.3 is 10.4 Å². The fourth-order valence-electron chi connectivity index (χ4n) is 2.96. The van der Waals surface area contributed by atoms with E-state index in [-0.39, 0.29) is 12.5 Å². The molecule has 0 aromatic heterocycles. The van der Waals surface area contributed by atoms with Gasteiger partial charge in [0.1, 0.15) is 0 Å². The molecule has 0 saturated carbocycles. The van der Waals surface area contributed by atoms with Crippen molar-refractivity contribution in [3.8, 4) is 17.2 Å². The van der Waals surface area contributed by atoms with Crippen molar-refractivity contribution in [3.63, 3.8) is 0 Å². The SMILES string of the molecule is N#Cc1ccccc1-c1ccccc1C(=O)NCCc1ccc(CO)cc1. The summed E-state index contributed by atoms with van der Waals surface area (Å²) in [4.78, 5) is 12.7. The molecular formula is C23H20N2O2. The van der Waals surface area contributed by atoms with Gasteiger partial charge in [-0.3, -0.25) is 4.79 Å². The van der Waals surface area contributed by atoms with Crippen molar-refractivity contribution in [2.75, 3.05) is 6.54 Å². The summed E-state index contributed by atoms with van der Waals surface area (Å²) in [6.07, 6.45) is 0.703. The van der Waals surface area contributed by atoms with Crippen LogP contribution in [0, 0.1) is 11.3 Å². The van der Waals surface area contributed by atoms with Crippen LogP contribution in [-0.4, -0.2) is 17.6 Å². The lowest BCUT2D eigenvalue weighted by Crippen LogP contribution is -2.26. The highest BCUT2D eigenvalue weighted by molar-refractivity contribution is 6.01. The number of nitrogens with zero attached hydrogens (tertiary/aromatic N) is 1. The number of amides is 1. The second kappa shape index (κ2) is 8.79. The molecule has 2 N–H and O–H groups in total. The van der Waals surface area contributed by atoms with Crippen LogP contribution < -0.4 is 5.32 Å². The first-order valence-electron chi connectivity index (χ1n) is 8.78. The second-order valence-corrected chi connectivity index (χ2v) is 6.18. The lowest BCUT2D eigenvalue weighted by molar-refractivity contribution is 0.0955. The molecule has 0 fully saturated rings. The van der Waals surface area contributed by atoms with E-state index < -0.39 is 0 Å². The van der Waals surface area contributed by atoms with Crippen LogP contribution in [-0.2, 0) is 13.0 Å². The Hall–Kier alpha value is -3.42. The Balaban J connectivity index is 1.73. The molecular weight excluding hydrogens is 336 g/mol. The largest absolute Gasteiger partial charge is 0.392 e. The van der Waals surface area contributed by atoms with E-state index in [2.05, 4.69) is 11.4 Å². The van der Waals surface area contributed by atoms with Gasteiger partial charge in [0.15, 0.2) is 0 Å². The number of carbonyl (C=O) groups excluding carboxylic acids is 1. The van der Waals surface area contributed by atoms with Crippen molar-refractivity contribution >= 4 is 5.91 Å². The minimum Gasteiger partial charge on any atom is -0.392 e. The van der Waals surface area contributed by atoms with Gasteiger partial charge in [0.25, 0.3) is 5.91 Å². The number of carbonyl (C=O) groups is 1. The first kappa shape index (κ1) is 18.4. The van der Waals surface area contributed by atoms with Gasteiger partial charge in [0.05, 0.1) is 18.2 Å². The maximum atomic E-state index is 12.7. The van der Waals surface area contributed by atoms with Gasteiger partial charge >= 0.3 is 0 Å². The van der Waals surface area contributed by atoms with E-state index in [1.54, 1.807) is 12.1 Å². The van der Waals surface area contributed by atoms with Gasteiger partial charge in [-0.1, -0.05) is 60.7 Å². The standard InChI is InChI=1S/C23H20N2O2/c24-15-19-5-1-2-6-20(19)21-7-3-4-8-22(21)23(27)25-14-13-17-9-11-18(16-26)12-10-17/h1-12,26H,13-14,16H2,(H,25,27). The maximum absolute atomic E-state index is 12.7. The van der Waals surface area contributed by atoms with Gasteiger partial charge in [0, 0.05) is 17.7 Å². The topological polar surface area (TPSA) is 73.1 Å². The molecule has 3 aromatic carbocycles. The van der Waals surface area contributed by atoms with Crippen molar-refractivity contribution < 1.29 is 9.90 Å². The highest BCUT2D eigenvalue weighted by Crippen LogP contribution is 2.26. The van der Waals surface area contributed by atoms with Crippen LogP contribution in [0.4, 0.5) is 0 Å². The maximum Gasteiger partial charge on any atom is 0.251 e. The van der Waals surface area contributed by atoms with Gasteiger partial charge in [-0.15, -0.1) is 0 Å². The lowest BCUT2D eigenvalue weighted by Gasteiger charge is -2.11. The zero-order chi connectivity index (χ0) is 19.1. The predicted molar refractivity (Wildman–Crippen MR) is 105 cm³/mol. The summed E-state index contributed by atoms with van der Waals surface area (Å²) in [5.41, 5.74) is 4.56. The molecule has 1 amide bonds. The third kappa shape index (κ3) is 4.41. The number of benzene rings is 3. The summed E-state index contributed by atoms with van der Waals surface area (Å²) in [6, 6.07) is 24.4. The molecule has 0 bridgehead atoms. The Bertz CT molecular complexity index is 972. The molecule has 0 atom stereocenters. The van der Waals surface area contributed by atoms with E-state index in [0.717, 1.165) is 22.3 Å². The molecule has 134 valence electrons. The molecule has 4 heteroatoms.